The zero-order valence-electron chi connectivity index (χ0n) is 12.2. The molecule has 0 aromatic carbocycles. The van der Waals surface area contributed by atoms with Crippen LogP contribution in [0.5, 0.6) is 0 Å². The first-order valence-electron chi connectivity index (χ1n) is 6.62. The van der Waals surface area contributed by atoms with Gasteiger partial charge in [-0.1, -0.05) is 0 Å². The smallest absolute Gasteiger partial charge is 0.432 e. The lowest BCUT2D eigenvalue weighted by Gasteiger charge is -2.36. The molecule has 112 valence electrons. The van der Waals surface area contributed by atoms with Gasteiger partial charge < -0.3 is 19.8 Å². The molecule has 0 radical (unpaired) electrons. The monoisotopic (exact) mass is 283 g/mol. The number of nitrogens with one attached hydrogen (secondary N) is 1. The molecule has 1 aliphatic carbocycles. The molecule has 0 saturated heterocycles. The van der Waals surface area contributed by atoms with Crippen LogP contribution in [0.4, 0.5) is 10.7 Å². The SMILES string of the molecule is CC(C)(C)OC(=O)N(c1ncc[nH]1)C1CCC1.OBO. The van der Waals surface area contributed by atoms with Crippen molar-refractivity contribution in [3.63, 3.8) is 0 Å². The lowest BCUT2D eigenvalue weighted by Crippen LogP contribution is -2.47. The number of carbonyl (C=O) groups is 1. The van der Waals surface area contributed by atoms with Crippen molar-refractivity contribution in [3.05, 3.63) is 12.4 Å². The Kier molecular flexibility index (Phi) is 6.03. The van der Waals surface area contributed by atoms with Crippen molar-refractivity contribution in [2.45, 2.75) is 51.7 Å². The van der Waals surface area contributed by atoms with Gasteiger partial charge in [-0.2, -0.15) is 0 Å². The summed E-state index contributed by atoms with van der Waals surface area (Å²) in [7, 11) is -0.750. The second kappa shape index (κ2) is 7.30. The van der Waals surface area contributed by atoms with Gasteiger partial charge in [0.15, 0.2) is 0 Å². The number of anilines is 1. The van der Waals surface area contributed by atoms with Crippen LogP contribution in [0.1, 0.15) is 40.0 Å². The Labute approximate surface area is 119 Å². The summed E-state index contributed by atoms with van der Waals surface area (Å²) >= 11 is 0. The van der Waals surface area contributed by atoms with Crippen molar-refractivity contribution in [2.75, 3.05) is 4.90 Å². The second-order valence-corrected chi connectivity index (χ2v) is 5.49. The zero-order chi connectivity index (χ0) is 15.2. The second-order valence-electron chi connectivity index (χ2n) is 5.49. The molecule has 8 heteroatoms. The highest BCUT2D eigenvalue weighted by molar-refractivity contribution is 6.13. The number of nitrogens with zero attached hydrogens (tertiary/aromatic N) is 2. The Morgan fingerprint density at radius 3 is 2.45 bits per heavy atom. The predicted octanol–water partition coefficient (Wildman–Crippen LogP) is 0.941. The van der Waals surface area contributed by atoms with E-state index in [1.54, 1.807) is 17.3 Å². The number of amides is 1. The van der Waals surface area contributed by atoms with Gasteiger partial charge >= 0.3 is 13.8 Å². The van der Waals surface area contributed by atoms with Gasteiger partial charge in [-0.15, -0.1) is 0 Å². The highest BCUT2D eigenvalue weighted by atomic mass is 16.6. The number of aromatic nitrogens is 2. The maximum absolute atomic E-state index is 12.1. The Balaban J connectivity index is 0.000000612. The molecular weight excluding hydrogens is 261 g/mol. The molecule has 0 unspecified atom stereocenters. The quantitative estimate of drug-likeness (QED) is 0.702. The van der Waals surface area contributed by atoms with Crippen LogP contribution in [-0.2, 0) is 4.74 Å². The highest BCUT2D eigenvalue weighted by Gasteiger charge is 2.34. The van der Waals surface area contributed by atoms with Crippen LogP contribution >= 0.6 is 0 Å². The van der Waals surface area contributed by atoms with E-state index in [0.717, 1.165) is 19.3 Å². The van der Waals surface area contributed by atoms with Crippen LogP contribution in [0.25, 0.3) is 0 Å². The minimum absolute atomic E-state index is 0.219. The molecule has 1 aromatic heterocycles. The minimum Gasteiger partial charge on any atom is -0.443 e. The van der Waals surface area contributed by atoms with Gasteiger partial charge in [0.25, 0.3) is 0 Å². The number of hydrogen-bond acceptors (Lipinski definition) is 5. The molecule has 0 spiro atoms. The van der Waals surface area contributed by atoms with Gasteiger partial charge in [-0.05, 0) is 40.0 Å². The van der Waals surface area contributed by atoms with Crippen molar-refractivity contribution in [2.24, 2.45) is 0 Å². The van der Waals surface area contributed by atoms with E-state index in [9.17, 15) is 4.79 Å². The van der Waals surface area contributed by atoms with E-state index in [2.05, 4.69) is 9.97 Å². The van der Waals surface area contributed by atoms with E-state index in [1.807, 2.05) is 20.8 Å². The first-order valence-corrected chi connectivity index (χ1v) is 6.62. The maximum Gasteiger partial charge on any atom is 0.432 e. The fraction of sp³-hybridized carbons (Fsp3) is 0.667. The summed E-state index contributed by atoms with van der Waals surface area (Å²) in [4.78, 5) is 20.9. The number of aromatic amines is 1. The molecule has 3 N–H and O–H groups in total. The maximum atomic E-state index is 12.1. The van der Waals surface area contributed by atoms with Crippen molar-refractivity contribution >= 4 is 19.7 Å². The minimum atomic E-state index is -0.750. The van der Waals surface area contributed by atoms with E-state index >= 15 is 0 Å². The molecule has 0 aliphatic heterocycles. The van der Waals surface area contributed by atoms with E-state index in [-0.39, 0.29) is 12.1 Å². The standard InChI is InChI=1S/C12H19N3O2.BH3O2/c1-12(2,3)17-11(16)15(9-5-4-6-9)10-13-7-8-14-10;2-1-3/h7-9H,4-6H2,1-3H3,(H,13,14);1-3H. The van der Waals surface area contributed by atoms with Crippen molar-refractivity contribution in [3.8, 4) is 0 Å². The third kappa shape index (κ3) is 4.86. The fourth-order valence-electron chi connectivity index (χ4n) is 1.75. The Morgan fingerprint density at radius 2 is 2.10 bits per heavy atom. The lowest BCUT2D eigenvalue weighted by molar-refractivity contribution is 0.0546. The van der Waals surface area contributed by atoms with Crippen LogP contribution in [-0.4, -0.2) is 45.4 Å². The summed E-state index contributed by atoms with van der Waals surface area (Å²) in [6.07, 6.45) is 6.22. The van der Waals surface area contributed by atoms with Crippen LogP contribution in [0.15, 0.2) is 12.4 Å². The van der Waals surface area contributed by atoms with Gasteiger partial charge in [0, 0.05) is 18.4 Å². The summed E-state index contributed by atoms with van der Waals surface area (Å²) in [5.74, 6) is 0.573. The van der Waals surface area contributed by atoms with Crippen LogP contribution in [0, 0.1) is 0 Å². The molecule has 1 aliphatic rings. The number of imidazole rings is 1. The van der Waals surface area contributed by atoms with Gasteiger partial charge in [0.1, 0.15) is 5.60 Å². The number of ether oxygens (including phenoxy) is 1. The van der Waals surface area contributed by atoms with Gasteiger partial charge in [0.05, 0.1) is 0 Å². The summed E-state index contributed by atoms with van der Waals surface area (Å²) in [6, 6.07) is 0.219. The Morgan fingerprint density at radius 1 is 1.50 bits per heavy atom. The largest absolute Gasteiger partial charge is 0.443 e. The van der Waals surface area contributed by atoms with E-state index in [1.165, 1.54) is 0 Å². The van der Waals surface area contributed by atoms with Crippen LogP contribution in [0.3, 0.4) is 0 Å². The third-order valence-electron chi connectivity index (χ3n) is 2.74. The van der Waals surface area contributed by atoms with Crippen LogP contribution < -0.4 is 4.90 Å². The number of hydrogen-bond donors (Lipinski definition) is 3. The zero-order valence-corrected chi connectivity index (χ0v) is 12.2. The Hall–Kier alpha value is -1.54. The average Bonchev–Trinajstić information content (AvgIpc) is 2.74. The molecule has 7 nitrogen and oxygen atoms in total. The molecule has 1 amide bonds. The van der Waals surface area contributed by atoms with Crippen molar-refractivity contribution < 1.29 is 19.6 Å². The molecule has 1 aromatic rings. The lowest BCUT2D eigenvalue weighted by atomic mass is 9.92. The molecule has 20 heavy (non-hydrogen) atoms. The summed E-state index contributed by atoms with van der Waals surface area (Å²) in [5.41, 5.74) is -0.480. The molecule has 1 saturated carbocycles. The average molecular weight is 283 g/mol. The fourth-order valence-corrected chi connectivity index (χ4v) is 1.75. The first kappa shape index (κ1) is 16.5. The molecular formula is C12H22BN3O4. The highest BCUT2D eigenvalue weighted by Crippen LogP contribution is 2.29. The first-order chi connectivity index (χ1) is 9.39. The van der Waals surface area contributed by atoms with Crippen molar-refractivity contribution in [1.29, 1.82) is 0 Å². The van der Waals surface area contributed by atoms with E-state index in [0.29, 0.717) is 5.95 Å². The molecule has 1 heterocycles. The number of rotatable bonds is 2. The molecule has 0 atom stereocenters. The predicted molar refractivity (Wildman–Crippen MR) is 76.5 cm³/mol. The van der Waals surface area contributed by atoms with Crippen molar-refractivity contribution in [1.82, 2.24) is 9.97 Å². The molecule has 1 fully saturated rings. The van der Waals surface area contributed by atoms with E-state index < -0.39 is 13.3 Å². The third-order valence-corrected chi connectivity index (χ3v) is 2.74. The van der Waals surface area contributed by atoms with Gasteiger partial charge in [-0.25, -0.2) is 14.7 Å². The van der Waals surface area contributed by atoms with Crippen LogP contribution in [0.2, 0.25) is 0 Å². The normalized spacial score (nSPS) is 14.7. The number of carbonyl (C=O) groups excluding carboxylic acids is 1. The summed E-state index contributed by atoms with van der Waals surface area (Å²) in [6.45, 7) is 5.60. The Bertz CT molecular complexity index is 401. The van der Waals surface area contributed by atoms with Gasteiger partial charge in [0.2, 0.25) is 5.95 Å². The molecule has 2 rings (SSSR count). The summed E-state index contributed by atoms with van der Waals surface area (Å²) < 4.78 is 5.41. The molecule has 0 bridgehead atoms. The topological polar surface area (TPSA) is 98.7 Å². The van der Waals surface area contributed by atoms with Gasteiger partial charge in [-0.3, -0.25) is 0 Å². The number of H-pyrrole nitrogens is 1. The van der Waals surface area contributed by atoms with E-state index in [4.69, 9.17) is 14.8 Å². The summed E-state index contributed by atoms with van der Waals surface area (Å²) in [5, 5.41) is 14.2.